The summed E-state index contributed by atoms with van der Waals surface area (Å²) in [6.45, 7) is 0. The molecular formula is C14H12FN3. The van der Waals surface area contributed by atoms with Crippen molar-refractivity contribution < 1.29 is 4.39 Å². The Balaban J connectivity index is 2.27. The van der Waals surface area contributed by atoms with Crippen molar-refractivity contribution in [2.75, 3.05) is 5.73 Å². The predicted octanol–water partition coefficient (Wildman–Crippen LogP) is 2.96. The fourth-order valence-corrected chi connectivity index (χ4v) is 2.10. The number of hydrogen-bond acceptors (Lipinski definition) is 2. The summed E-state index contributed by atoms with van der Waals surface area (Å²) in [7, 11) is 1.87. The Morgan fingerprint density at radius 3 is 2.78 bits per heavy atom. The fraction of sp³-hybridized carbons (Fsp3) is 0.0714. The van der Waals surface area contributed by atoms with Crippen LogP contribution in [0.3, 0.4) is 0 Å². The molecule has 1 heterocycles. The van der Waals surface area contributed by atoms with Gasteiger partial charge >= 0.3 is 0 Å². The van der Waals surface area contributed by atoms with Gasteiger partial charge in [-0.05, 0) is 30.3 Å². The van der Waals surface area contributed by atoms with Crippen LogP contribution in [0.1, 0.15) is 0 Å². The van der Waals surface area contributed by atoms with E-state index in [1.54, 1.807) is 6.07 Å². The van der Waals surface area contributed by atoms with E-state index in [4.69, 9.17) is 5.73 Å². The topological polar surface area (TPSA) is 43.8 Å². The van der Waals surface area contributed by atoms with Crippen molar-refractivity contribution in [1.82, 2.24) is 9.55 Å². The maximum atomic E-state index is 13.2. The number of nitrogen functional groups attached to an aromatic ring is 1. The number of nitrogens with zero attached hydrogens (tertiary/aromatic N) is 2. The van der Waals surface area contributed by atoms with Crippen molar-refractivity contribution in [3.05, 3.63) is 48.3 Å². The molecule has 0 spiro atoms. The number of aryl methyl sites for hydroxylation is 1. The molecule has 18 heavy (non-hydrogen) atoms. The first kappa shape index (κ1) is 10.8. The molecule has 2 aromatic carbocycles. The van der Waals surface area contributed by atoms with E-state index in [2.05, 4.69) is 4.98 Å². The summed E-state index contributed by atoms with van der Waals surface area (Å²) in [5, 5.41) is 0. The van der Waals surface area contributed by atoms with Crippen LogP contribution in [0, 0.1) is 5.82 Å². The molecule has 1 aromatic heterocycles. The molecule has 0 bridgehead atoms. The average Bonchev–Trinajstić information content (AvgIpc) is 2.67. The highest BCUT2D eigenvalue weighted by Crippen LogP contribution is 2.25. The molecule has 0 saturated carbocycles. The van der Waals surface area contributed by atoms with Crippen LogP contribution in [0.2, 0.25) is 0 Å². The molecule has 3 rings (SSSR count). The van der Waals surface area contributed by atoms with E-state index in [9.17, 15) is 4.39 Å². The molecule has 0 amide bonds. The van der Waals surface area contributed by atoms with Gasteiger partial charge in [-0.15, -0.1) is 0 Å². The van der Waals surface area contributed by atoms with Gasteiger partial charge in [0.2, 0.25) is 0 Å². The van der Waals surface area contributed by atoms with E-state index in [0.29, 0.717) is 5.69 Å². The van der Waals surface area contributed by atoms with Crippen molar-refractivity contribution in [2.24, 2.45) is 7.05 Å². The standard InChI is InChI=1S/C14H12FN3/c1-18-13-8-10(15)5-6-12(13)17-14(18)9-3-2-4-11(16)7-9/h2-8H,16H2,1H3. The lowest BCUT2D eigenvalue weighted by Crippen LogP contribution is -1.93. The van der Waals surface area contributed by atoms with Crippen LogP contribution in [0.4, 0.5) is 10.1 Å². The van der Waals surface area contributed by atoms with Crippen molar-refractivity contribution >= 4 is 16.7 Å². The smallest absolute Gasteiger partial charge is 0.140 e. The second-order valence-corrected chi connectivity index (χ2v) is 4.25. The predicted molar refractivity (Wildman–Crippen MR) is 70.5 cm³/mol. The number of halogens is 1. The first-order valence-electron chi connectivity index (χ1n) is 5.63. The van der Waals surface area contributed by atoms with E-state index in [-0.39, 0.29) is 5.82 Å². The number of fused-ring (bicyclic) bond motifs is 1. The van der Waals surface area contributed by atoms with Gasteiger partial charge in [-0.1, -0.05) is 12.1 Å². The molecule has 0 unspecified atom stereocenters. The van der Waals surface area contributed by atoms with Gasteiger partial charge < -0.3 is 10.3 Å². The third-order valence-electron chi connectivity index (χ3n) is 2.99. The zero-order valence-corrected chi connectivity index (χ0v) is 9.89. The van der Waals surface area contributed by atoms with Crippen LogP contribution < -0.4 is 5.73 Å². The molecule has 0 saturated heterocycles. The first-order valence-corrected chi connectivity index (χ1v) is 5.63. The number of benzene rings is 2. The zero-order valence-electron chi connectivity index (χ0n) is 9.89. The molecule has 2 N–H and O–H groups in total. The molecule has 0 aliphatic rings. The number of nitrogens with two attached hydrogens (primary N) is 1. The van der Waals surface area contributed by atoms with Gasteiger partial charge in [-0.2, -0.15) is 0 Å². The minimum atomic E-state index is -0.260. The summed E-state index contributed by atoms with van der Waals surface area (Å²) in [5.41, 5.74) is 8.92. The largest absolute Gasteiger partial charge is 0.399 e. The summed E-state index contributed by atoms with van der Waals surface area (Å²) < 4.78 is 15.1. The fourth-order valence-electron chi connectivity index (χ4n) is 2.10. The van der Waals surface area contributed by atoms with Crippen LogP contribution in [0.5, 0.6) is 0 Å². The second-order valence-electron chi connectivity index (χ2n) is 4.25. The summed E-state index contributed by atoms with van der Waals surface area (Å²) in [6, 6.07) is 12.1. The number of hydrogen-bond donors (Lipinski definition) is 1. The van der Waals surface area contributed by atoms with Gasteiger partial charge in [-0.25, -0.2) is 9.37 Å². The zero-order chi connectivity index (χ0) is 12.7. The third-order valence-corrected chi connectivity index (χ3v) is 2.99. The molecule has 90 valence electrons. The van der Waals surface area contributed by atoms with Crippen LogP contribution in [0.25, 0.3) is 22.4 Å². The van der Waals surface area contributed by atoms with Crippen LogP contribution in [-0.2, 0) is 7.05 Å². The molecule has 0 aliphatic carbocycles. The Kier molecular flexibility index (Phi) is 2.30. The Morgan fingerprint density at radius 1 is 1.17 bits per heavy atom. The Hall–Kier alpha value is -2.36. The Labute approximate surface area is 104 Å². The lowest BCUT2D eigenvalue weighted by molar-refractivity contribution is 0.629. The van der Waals surface area contributed by atoms with Gasteiger partial charge in [0.1, 0.15) is 11.6 Å². The van der Waals surface area contributed by atoms with Gasteiger partial charge in [0, 0.05) is 18.3 Å². The molecule has 3 aromatic rings. The van der Waals surface area contributed by atoms with Crippen LogP contribution in [0.15, 0.2) is 42.5 Å². The molecule has 0 radical (unpaired) electrons. The van der Waals surface area contributed by atoms with Gasteiger partial charge in [0.05, 0.1) is 11.0 Å². The Bertz CT molecular complexity index is 731. The summed E-state index contributed by atoms with van der Waals surface area (Å²) in [6.07, 6.45) is 0. The highest BCUT2D eigenvalue weighted by atomic mass is 19.1. The lowest BCUT2D eigenvalue weighted by atomic mass is 10.2. The van der Waals surface area contributed by atoms with Crippen molar-refractivity contribution in [1.29, 1.82) is 0 Å². The maximum absolute atomic E-state index is 13.2. The second kappa shape index (κ2) is 3.84. The van der Waals surface area contributed by atoms with Gasteiger partial charge in [0.25, 0.3) is 0 Å². The SMILES string of the molecule is Cn1c(-c2cccc(N)c2)nc2ccc(F)cc21. The number of anilines is 1. The van der Waals surface area contributed by atoms with Crippen molar-refractivity contribution in [3.63, 3.8) is 0 Å². The summed E-state index contributed by atoms with van der Waals surface area (Å²) in [4.78, 5) is 4.51. The van der Waals surface area contributed by atoms with E-state index >= 15 is 0 Å². The molecule has 4 heteroatoms. The van der Waals surface area contributed by atoms with E-state index in [1.807, 2.05) is 35.9 Å². The molecular weight excluding hydrogens is 229 g/mol. The minimum absolute atomic E-state index is 0.260. The number of rotatable bonds is 1. The summed E-state index contributed by atoms with van der Waals surface area (Å²) >= 11 is 0. The molecule has 0 fully saturated rings. The summed E-state index contributed by atoms with van der Waals surface area (Å²) in [5.74, 6) is 0.521. The quantitative estimate of drug-likeness (QED) is 0.666. The van der Waals surface area contributed by atoms with Gasteiger partial charge in [-0.3, -0.25) is 0 Å². The lowest BCUT2D eigenvalue weighted by Gasteiger charge is -2.03. The number of aromatic nitrogens is 2. The molecule has 0 atom stereocenters. The van der Waals surface area contributed by atoms with Crippen molar-refractivity contribution in [3.8, 4) is 11.4 Å². The maximum Gasteiger partial charge on any atom is 0.140 e. The first-order chi connectivity index (χ1) is 8.65. The van der Waals surface area contributed by atoms with E-state index < -0.39 is 0 Å². The van der Waals surface area contributed by atoms with Gasteiger partial charge in [0.15, 0.2) is 0 Å². The molecule has 0 aliphatic heterocycles. The third kappa shape index (κ3) is 1.62. The van der Waals surface area contributed by atoms with Crippen molar-refractivity contribution in [2.45, 2.75) is 0 Å². The van der Waals surface area contributed by atoms with Crippen LogP contribution in [-0.4, -0.2) is 9.55 Å². The normalized spacial score (nSPS) is 11.0. The Morgan fingerprint density at radius 2 is 2.00 bits per heavy atom. The van der Waals surface area contributed by atoms with Crippen LogP contribution >= 0.6 is 0 Å². The van der Waals surface area contributed by atoms with E-state index in [0.717, 1.165) is 22.4 Å². The average molecular weight is 241 g/mol. The van der Waals surface area contributed by atoms with E-state index in [1.165, 1.54) is 12.1 Å². The number of imidazole rings is 1. The molecule has 3 nitrogen and oxygen atoms in total. The highest BCUT2D eigenvalue weighted by molar-refractivity contribution is 5.81. The minimum Gasteiger partial charge on any atom is -0.399 e. The monoisotopic (exact) mass is 241 g/mol. The highest BCUT2D eigenvalue weighted by Gasteiger charge is 2.10.